The number of carbonyl (C=O) groups excluding carboxylic acids is 2. The van der Waals surface area contributed by atoms with E-state index in [9.17, 15) is 9.59 Å². The minimum absolute atomic E-state index is 0.0142. The lowest BCUT2D eigenvalue weighted by atomic mass is 9.86. The molecule has 2 N–H and O–H groups in total. The minimum Gasteiger partial charge on any atom is -0.325 e. The molecule has 4 heteroatoms. The first-order valence-electron chi connectivity index (χ1n) is 10.3. The number of hydrogen-bond donors (Lipinski definition) is 2. The Morgan fingerprint density at radius 1 is 0.714 bits per heavy atom. The van der Waals surface area contributed by atoms with Crippen molar-refractivity contribution in [2.24, 2.45) is 10.8 Å². The molecular weight excluding hydrogens is 348 g/mol. The van der Waals surface area contributed by atoms with Crippen LogP contribution in [0.1, 0.15) is 67.2 Å². The predicted octanol–water partition coefficient (Wildman–Crippen LogP) is 6.37. The minimum atomic E-state index is -0.424. The number of anilines is 2. The van der Waals surface area contributed by atoms with Crippen molar-refractivity contribution >= 4 is 34.0 Å². The molecule has 2 aromatic carbocycles. The third kappa shape index (κ3) is 4.92. The van der Waals surface area contributed by atoms with E-state index >= 15 is 0 Å². The van der Waals surface area contributed by atoms with Crippen LogP contribution in [-0.4, -0.2) is 11.8 Å². The second-order valence-corrected chi connectivity index (χ2v) is 8.88. The molecule has 0 atom stereocenters. The van der Waals surface area contributed by atoms with Gasteiger partial charge in [-0.15, -0.1) is 0 Å². The van der Waals surface area contributed by atoms with Gasteiger partial charge in [-0.05, 0) is 25.0 Å². The Hall–Kier alpha value is -2.36. The summed E-state index contributed by atoms with van der Waals surface area (Å²) in [6, 6.07) is 11.6. The molecule has 152 valence electrons. The van der Waals surface area contributed by atoms with Gasteiger partial charge in [0.05, 0.1) is 0 Å². The molecule has 0 aliphatic heterocycles. The number of rotatable bonds is 8. The second-order valence-electron chi connectivity index (χ2n) is 8.88. The van der Waals surface area contributed by atoms with E-state index in [1.165, 1.54) is 0 Å². The SMILES string of the molecule is CCCC(C)(C)C(=O)Nc1cccc2c(NC(=O)C(C)(C)CCC)cccc12. The van der Waals surface area contributed by atoms with E-state index in [0.29, 0.717) is 0 Å². The van der Waals surface area contributed by atoms with E-state index in [4.69, 9.17) is 0 Å². The topological polar surface area (TPSA) is 58.2 Å². The molecule has 0 unspecified atom stereocenters. The fourth-order valence-electron chi connectivity index (χ4n) is 3.59. The Balaban J connectivity index is 2.35. The molecule has 0 fully saturated rings. The summed E-state index contributed by atoms with van der Waals surface area (Å²) in [7, 11) is 0. The largest absolute Gasteiger partial charge is 0.325 e. The molecule has 0 aromatic heterocycles. The summed E-state index contributed by atoms with van der Waals surface area (Å²) >= 11 is 0. The zero-order chi connectivity index (χ0) is 20.9. The van der Waals surface area contributed by atoms with Crippen molar-refractivity contribution in [1.82, 2.24) is 0 Å². The molecule has 0 saturated heterocycles. The average Bonchev–Trinajstić information content (AvgIpc) is 2.62. The van der Waals surface area contributed by atoms with Crippen LogP contribution >= 0.6 is 0 Å². The molecule has 28 heavy (non-hydrogen) atoms. The number of hydrogen-bond acceptors (Lipinski definition) is 2. The van der Waals surface area contributed by atoms with Gasteiger partial charge < -0.3 is 10.6 Å². The van der Waals surface area contributed by atoms with Gasteiger partial charge in [-0.25, -0.2) is 0 Å². The Morgan fingerprint density at radius 2 is 1.07 bits per heavy atom. The van der Waals surface area contributed by atoms with Gasteiger partial charge in [0.1, 0.15) is 0 Å². The van der Waals surface area contributed by atoms with Crippen molar-refractivity contribution in [1.29, 1.82) is 0 Å². The summed E-state index contributed by atoms with van der Waals surface area (Å²) in [5.41, 5.74) is 0.700. The highest BCUT2D eigenvalue weighted by atomic mass is 16.2. The lowest BCUT2D eigenvalue weighted by Crippen LogP contribution is -2.31. The van der Waals surface area contributed by atoms with Gasteiger partial charge in [0.15, 0.2) is 0 Å². The van der Waals surface area contributed by atoms with Gasteiger partial charge in [0.2, 0.25) is 11.8 Å². The Labute approximate surface area is 169 Å². The van der Waals surface area contributed by atoms with E-state index in [2.05, 4.69) is 24.5 Å². The van der Waals surface area contributed by atoms with E-state index < -0.39 is 10.8 Å². The molecule has 0 heterocycles. The fourth-order valence-corrected chi connectivity index (χ4v) is 3.59. The molecule has 2 rings (SSSR count). The third-order valence-corrected chi connectivity index (χ3v) is 5.40. The summed E-state index contributed by atoms with van der Waals surface area (Å²) < 4.78 is 0. The average molecular weight is 383 g/mol. The van der Waals surface area contributed by atoms with Crippen LogP contribution in [0.3, 0.4) is 0 Å². The van der Waals surface area contributed by atoms with Gasteiger partial charge >= 0.3 is 0 Å². The van der Waals surface area contributed by atoms with E-state index in [0.717, 1.165) is 47.8 Å². The van der Waals surface area contributed by atoms with E-state index in [-0.39, 0.29) is 11.8 Å². The van der Waals surface area contributed by atoms with Crippen LogP contribution < -0.4 is 10.6 Å². The van der Waals surface area contributed by atoms with Crippen LogP contribution in [0.15, 0.2) is 36.4 Å². The maximum absolute atomic E-state index is 12.8. The Bertz CT molecular complexity index is 782. The van der Waals surface area contributed by atoms with Crippen molar-refractivity contribution in [3.8, 4) is 0 Å². The maximum atomic E-state index is 12.8. The number of fused-ring (bicyclic) bond motifs is 1. The van der Waals surface area contributed by atoms with Gasteiger partial charge in [0.25, 0.3) is 0 Å². The standard InChI is InChI=1S/C24H34N2O2/c1-7-15-23(3,4)21(27)25-19-13-9-12-18-17(19)11-10-14-20(18)26-22(28)24(5,6)16-8-2/h9-14H,7-8,15-16H2,1-6H3,(H,25,27)(H,26,28). The third-order valence-electron chi connectivity index (χ3n) is 5.40. The van der Waals surface area contributed by atoms with Crippen molar-refractivity contribution in [2.75, 3.05) is 10.6 Å². The summed E-state index contributed by atoms with van der Waals surface area (Å²) in [5, 5.41) is 8.03. The summed E-state index contributed by atoms with van der Waals surface area (Å²) in [5.74, 6) is 0.0285. The molecule has 2 aromatic rings. The fraction of sp³-hybridized carbons (Fsp3) is 0.500. The van der Waals surface area contributed by atoms with Crippen molar-refractivity contribution in [3.63, 3.8) is 0 Å². The zero-order valence-corrected chi connectivity index (χ0v) is 18.1. The molecule has 4 nitrogen and oxygen atoms in total. The van der Waals surface area contributed by atoms with Crippen LogP contribution in [0.5, 0.6) is 0 Å². The summed E-state index contributed by atoms with van der Waals surface area (Å²) in [4.78, 5) is 25.5. The summed E-state index contributed by atoms with van der Waals surface area (Å²) in [6.45, 7) is 12.1. The molecule has 0 bridgehead atoms. The molecular formula is C24H34N2O2. The monoisotopic (exact) mass is 382 g/mol. The van der Waals surface area contributed by atoms with Crippen molar-refractivity contribution in [2.45, 2.75) is 67.2 Å². The van der Waals surface area contributed by atoms with Gasteiger partial charge in [-0.2, -0.15) is 0 Å². The lowest BCUT2D eigenvalue weighted by Gasteiger charge is -2.24. The van der Waals surface area contributed by atoms with E-state index in [1.807, 2.05) is 64.1 Å². The van der Waals surface area contributed by atoms with Crippen LogP contribution in [0, 0.1) is 10.8 Å². The number of nitrogens with one attached hydrogen (secondary N) is 2. The zero-order valence-electron chi connectivity index (χ0n) is 18.1. The van der Waals surface area contributed by atoms with Gasteiger partial charge in [-0.3, -0.25) is 9.59 Å². The molecule has 2 amide bonds. The Kier molecular flexibility index (Phi) is 6.87. The van der Waals surface area contributed by atoms with Crippen LogP contribution in [0.4, 0.5) is 11.4 Å². The van der Waals surface area contributed by atoms with Gasteiger partial charge in [-0.1, -0.05) is 78.6 Å². The Morgan fingerprint density at radius 3 is 1.39 bits per heavy atom. The highest BCUT2D eigenvalue weighted by Crippen LogP contribution is 2.33. The van der Waals surface area contributed by atoms with Crippen molar-refractivity contribution < 1.29 is 9.59 Å². The number of carbonyl (C=O) groups is 2. The molecule has 0 aliphatic carbocycles. The smallest absolute Gasteiger partial charge is 0.230 e. The number of amides is 2. The first-order chi connectivity index (χ1) is 13.1. The van der Waals surface area contributed by atoms with Crippen LogP contribution in [0.25, 0.3) is 10.8 Å². The lowest BCUT2D eigenvalue weighted by molar-refractivity contribution is -0.125. The highest BCUT2D eigenvalue weighted by molar-refractivity contribution is 6.10. The molecule has 0 radical (unpaired) electrons. The highest BCUT2D eigenvalue weighted by Gasteiger charge is 2.28. The molecule has 0 saturated carbocycles. The van der Waals surface area contributed by atoms with Crippen molar-refractivity contribution in [3.05, 3.63) is 36.4 Å². The normalized spacial score (nSPS) is 12.1. The van der Waals surface area contributed by atoms with Crippen LogP contribution in [-0.2, 0) is 9.59 Å². The van der Waals surface area contributed by atoms with Crippen LogP contribution in [0.2, 0.25) is 0 Å². The predicted molar refractivity (Wildman–Crippen MR) is 119 cm³/mol. The molecule has 0 spiro atoms. The van der Waals surface area contributed by atoms with E-state index in [1.54, 1.807) is 0 Å². The van der Waals surface area contributed by atoms with Gasteiger partial charge in [0, 0.05) is 33.0 Å². The quantitative estimate of drug-likeness (QED) is 0.557. The first-order valence-corrected chi connectivity index (χ1v) is 10.3. The first kappa shape index (κ1) is 21.9. The molecule has 0 aliphatic rings. The maximum Gasteiger partial charge on any atom is 0.230 e. The number of benzene rings is 2. The second kappa shape index (κ2) is 8.76. The summed E-state index contributed by atoms with van der Waals surface area (Å²) in [6.07, 6.45) is 3.58.